The standard InChI is InChI=1S/C18H19N3OS/c22-15-6-7-16-17(12-15)23-18(20-16)21-10-8-14(9-11-21)19-13-4-2-1-3-5-13/h1-7,12,14,19,22H,8-11H2. The highest BCUT2D eigenvalue weighted by molar-refractivity contribution is 7.22. The fourth-order valence-electron chi connectivity index (χ4n) is 3.02. The maximum Gasteiger partial charge on any atom is 0.186 e. The number of nitrogens with one attached hydrogen (secondary N) is 1. The van der Waals surface area contributed by atoms with Crippen LogP contribution in [0.3, 0.4) is 0 Å². The minimum atomic E-state index is 0.304. The summed E-state index contributed by atoms with van der Waals surface area (Å²) in [5.74, 6) is 0.304. The number of phenols is 1. The number of piperidine rings is 1. The molecule has 0 amide bonds. The number of nitrogens with zero attached hydrogens (tertiary/aromatic N) is 2. The zero-order chi connectivity index (χ0) is 15.6. The summed E-state index contributed by atoms with van der Waals surface area (Å²) in [5.41, 5.74) is 2.16. The summed E-state index contributed by atoms with van der Waals surface area (Å²) >= 11 is 1.66. The predicted molar refractivity (Wildman–Crippen MR) is 96.6 cm³/mol. The zero-order valence-corrected chi connectivity index (χ0v) is 13.6. The van der Waals surface area contributed by atoms with Crippen LogP contribution in [0.25, 0.3) is 10.2 Å². The number of aromatic hydroxyl groups is 1. The van der Waals surface area contributed by atoms with Crippen LogP contribution >= 0.6 is 11.3 Å². The molecule has 0 saturated carbocycles. The highest BCUT2D eigenvalue weighted by atomic mass is 32.1. The molecule has 2 aromatic carbocycles. The highest BCUT2D eigenvalue weighted by Gasteiger charge is 2.21. The third-order valence-corrected chi connectivity index (χ3v) is 5.35. The van der Waals surface area contributed by atoms with E-state index in [1.807, 2.05) is 12.1 Å². The average Bonchev–Trinajstić information content (AvgIpc) is 2.99. The number of aromatic nitrogens is 1. The van der Waals surface area contributed by atoms with Crippen LogP contribution in [-0.2, 0) is 0 Å². The van der Waals surface area contributed by atoms with Gasteiger partial charge in [0, 0.05) is 24.8 Å². The van der Waals surface area contributed by atoms with Gasteiger partial charge in [-0.2, -0.15) is 0 Å². The van der Waals surface area contributed by atoms with Crippen molar-refractivity contribution in [2.24, 2.45) is 0 Å². The number of fused-ring (bicyclic) bond motifs is 1. The average molecular weight is 325 g/mol. The van der Waals surface area contributed by atoms with E-state index in [1.54, 1.807) is 23.5 Å². The first kappa shape index (κ1) is 14.3. The number of rotatable bonds is 3. The van der Waals surface area contributed by atoms with Gasteiger partial charge in [-0.15, -0.1) is 0 Å². The van der Waals surface area contributed by atoms with Gasteiger partial charge in [-0.05, 0) is 43.2 Å². The molecule has 4 rings (SSSR count). The molecule has 0 radical (unpaired) electrons. The first-order chi connectivity index (χ1) is 11.3. The Labute approximate surface area is 139 Å². The van der Waals surface area contributed by atoms with Crippen LogP contribution in [0.5, 0.6) is 5.75 Å². The number of benzene rings is 2. The summed E-state index contributed by atoms with van der Waals surface area (Å²) in [7, 11) is 0. The van der Waals surface area contributed by atoms with Crippen molar-refractivity contribution in [3.63, 3.8) is 0 Å². The van der Waals surface area contributed by atoms with E-state index in [2.05, 4.69) is 34.5 Å². The summed E-state index contributed by atoms with van der Waals surface area (Å²) in [6, 6.07) is 16.3. The monoisotopic (exact) mass is 325 g/mol. The van der Waals surface area contributed by atoms with Crippen LogP contribution in [0.15, 0.2) is 48.5 Å². The van der Waals surface area contributed by atoms with E-state index < -0.39 is 0 Å². The summed E-state index contributed by atoms with van der Waals surface area (Å²) in [6.45, 7) is 2.02. The number of hydrogen-bond acceptors (Lipinski definition) is 5. The maximum atomic E-state index is 9.58. The Balaban J connectivity index is 1.42. The number of thiazole rings is 1. The van der Waals surface area contributed by atoms with E-state index in [0.29, 0.717) is 11.8 Å². The van der Waals surface area contributed by atoms with Crippen molar-refractivity contribution in [1.82, 2.24) is 4.98 Å². The molecule has 4 nitrogen and oxygen atoms in total. The van der Waals surface area contributed by atoms with Gasteiger partial charge in [0.05, 0.1) is 10.2 Å². The van der Waals surface area contributed by atoms with Crippen molar-refractivity contribution in [3.05, 3.63) is 48.5 Å². The minimum Gasteiger partial charge on any atom is -0.508 e. The highest BCUT2D eigenvalue weighted by Crippen LogP contribution is 2.32. The van der Waals surface area contributed by atoms with Gasteiger partial charge >= 0.3 is 0 Å². The van der Waals surface area contributed by atoms with Crippen molar-refractivity contribution >= 4 is 32.4 Å². The lowest BCUT2D eigenvalue weighted by Crippen LogP contribution is -2.39. The van der Waals surface area contributed by atoms with Gasteiger partial charge in [-0.3, -0.25) is 0 Å². The predicted octanol–water partition coefficient (Wildman–Crippen LogP) is 4.08. The number of para-hydroxylation sites is 1. The lowest BCUT2D eigenvalue weighted by Gasteiger charge is -2.32. The molecule has 0 spiro atoms. The molecule has 2 N–H and O–H groups in total. The summed E-state index contributed by atoms with van der Waals surface area (Å²) in [5, 5.41) is 14.3. The molecule has 23 heavy (non-hydrogen) atoms. The van der Waals surface area contributed by atoms with Crippen LogP contribution in [-0.4, -0.2) is 29.2 Å². The Morgan fingerprint density at radius 1 is 1.09 bits per heavy atom. The van der Waals surface area contributed by atoms with Gasteiger partial charge in [0.2, 0.25) is 0 Å². The Hall–Kier alpha value is -2.27. The number of anilines is 2. The van der Waals surface area contributed by atoms with Crippen molar-refractivity contribution in [2.45, 2.75) is 18.9 Å². The minimum absolute atomic E-state index is 0.304. The van der Waals surface area contributed by atoms with Crippen LogP contribution in [0.1, 0.15) is 12.8 Å². The van der Waals surface area contributed by atoms with Gasteiger partial charge < -0.3 is 15.3 Å². The zero-order valence-electron chi connectivity index (χ0n) is 12.8. The molecule has 1 aromatic heterocycles. The van der Waals surface area contributed by atoms with E-state index in [0.717, 1.165) is 41.3 Å². The Morgan fingerprint density at radius 3 is 2.65 bits per heavy atom. The second-order valence-electron chi connectivity index (χ2n) is 5.92. The van der Waals surface area contributed by atoms with Gasteiger partial charge in [0.15, 0.2) is 5.13 Å². The number of hydrogen-bond donors (Lipinski definition) is 2. The molecular formula is C18H19N3OS. The van der Waals surface area contributed by atoms with Crippen molar-refractivity contribution in [1.29, 1.82) is 0 Å². The second kappa shape index (κ2) is 6.08. The molecule has 0 atom stereocenters. The number of phenolic OH excluding ortho intramolecular Hbond substituents is 1. The third-order valence-electron chi connectivity index (χ3n) is 4.27. The molecule has 0 aliphatic carbocycles. The van der Waals surface area contributed by atoms with E-state index in [-0.39, 0.29) is 0 Å². The van der Waals surface area contributed by atoms with Crippen LogP contribution in [0.2, 0.25) is 0 Å². The molecule has 1 aliphatic rings. The molecule has 1 fully saturated rings. The molecular weight excluding hydrogens is 306 g/mol. The fraction of sp³-hybridized carbons (Fsp3) is 0.278. The smallest absolute Gasteiger partial charge is 0.186 e. The van der Waals surface area contributed by atoms with Crippen molar-refractivity contribution in [3.8, 4) is 5.75 Å². The molecule has 5 heteroatoms. The molecule has 2 heterocycles. The molecule has 1 saturated heterocycles. The van der Waals surface area contributed by atoms with Crippen molar-refractivity contribution < 1.29 is 5.11 Å². The quantitative estimate of drug-likeness (QED) is 0.762. The summed E-state index contributed by atoms with van der Waals surface area (Å²) in [6.07, 6.45) is 2.21. The first-order valence-corrected chi connectivity index (χ1v) is 8.76. The van der Waals surface area contributed by atoms with E-state index in [9.17, 15) is 5.11 Å². The maximum absolute atomic E-state index is 9.58. The molecule has 1 aliphatic heterocycles. The largest absolute Gasteiger partial charge is 0.508 e. The normalized spacial score (nSPS) is 15.9. The molecule has 0 unspecified atom stereocenters. The first-order valence-electron chi connectivity index (χ1n) is 7.94. The topological polar surface area (TPSA) is 48.4 Å². The van der Waals surface area contributed by atoms with E-state index >= 15 is 0 Å². The van der Waals surface area contributed by atoms with Gasteiger partial charge in [0.25, 0.3) is 0 Å². The molecule has 3 aromatic rings. The lowest BCUT2D eigenvalue weighted by molar-refractivity contribution is 0.476. The third kappa shape index (κ3) is 3.10. The SMILES string of the molecule is Oc1ccc2nc(N3CCC(Nc4ccccc4)CC3)sc2c1. The lowest BCUT2D eigenvalue weighted by atomic mass is 10.1. The van der Waals surface area contributed by atoms with Gasteiger partial charge in [-0.1, -0.05) is 29.5 Å². The van der Waals surface area contributed by atoms with E-state index in [4.69, 9.17) is 4.98 Å². The Morgan fingerprint density at radius 2 is 1.87 bits per heavy atom. The summed E-state index contributed by atoms with van der Waals surface area (Å²) < 4.78 is 1.05. The van der Waals surface area contributed by atoms with Gasteiger partial charge in [-0.25, -0.2) is 4.98 Å². The molecule has 118 valence electrons. The van der Waals surface area contributed by atoms with Crippen LogP contribution in [0, 0.1) is 0 Å². The Kier molecular flexibility index (Phi) is 3.79. The van der Waals surface area contributed by atoms with E-state index in [1.165, 1.54) is 5.69 Å². The summed E-state index contributed by atoms with van der Waals surface area (Å²) in [4.78, 5) is 7.05. The van der Waals surface area contributed by atoms with Crippen LogP contribution < -0.4 is 10.2 Å². The van der Waals surface area contributed by atoms with Crippen LogP contribution in [0.4, 0.5) is 10.8 Å². The molecule has 0 bridgehead atoms. The van der Waals surface area contributed by atoms with Crippen molar-refractivity contribution in [2.75, 3.05) is 23.3 Å². The second-order valence-corrected chi connectivity index (χ2v) is 6.93. The van der Waals surface area contributed by atoms with Gasteiger partial charge in [0.1, 0.15) is 5.75 Å². The Bertz CT molecular complexity index is 794. The fourth-order valence-corrected chi connectivity index (χ4v) is 4.07.